The van der Waals surface area contributed by atoms with E-state index in [4.69, 9.17) is 4.98 Å². The summed E-state index contributed by atoms with van der Waals surface area (Å²) in [7, 11) is 0. The minimum Gasteiger partial charge on any atom is -0.319 e. The molecule has 0 unspecified atom stereocenters. The van der Waals surface area contributed by atoms with E-state index in [1.54, 1.807) is 48.2 Å². The van der Waals surface area contributed by atoms with Gasteiger partial charge in [-0.15, -0.1) is 11.3 Å². The van der Waals surface area contributed by atoms with E-state index < -0.39 is 11.7 Å². The highest BCUT2D eigenvalue weighted by atomic mass is 32.1. The number of benzene rings is 2. The number of rotatable bonds is 5. The molecule has 2 aliphatic rings. The number of hydrogen-bond donors (Lipinski definition) is 2. The fourth-order valence-corrected chi connectivity index (χ4v) is 6.66. The third kappa shape index (κ3) is 4.87. The second-order valence-corrected chi connectivity index (χ2v) is 11.8. The summed E-state index contributed by atoms with van der Waals surface area (Å²) in [5.74, 6) is -0.756. The van der Waals surface area contributed by atoms with Gasteiger partial charge in [0.15, 0.2) is 0 Å². The topological polar surface area (TPSA) is 115 Å². The van der Waals surface area contributed by atoms with Crippen molar-refractivity contribution in [3.05, 3.63) is 106 Å². The molecule has 43 heavy (non-hydrogen) atoms. The monoisotopic (exact) mass is 588 g/mol. The highest BCUT2D eigenvalue weighted by Gasteiger charge is 2.31. The molecular formula is C33H25FN6O2S. The van der Waals surface area contributed by atoms with E-state index in [0.717, 1.165) is 40.1 Å². The standard InChI is InChI=1S/C33H25FN6O2S/c1-18-4-2-5-24(34)29(18)38-32(41)28-15-21-12-13-40(27-14-19(16-35)8-11-22(27)31(21)43-28)33(42)26-7-3-6-25(37-26)23-17-36-39-30(23)20-9-10-20/h2-8,11,14-15,17,20H,9-10,12-13H2,1H3,(H,36,39)(H,38,41). The van der Waals surface area contributed by atoms with Gasteiger partial charge in [-0.05, 0) is 73.7 Å². The molecule has 0 saturated heterocycles. The van der Waals surface area contributed by atoms with Crippen molar-refractivity contribution < 1.29 is 14.0 Å². The Kier molecular flexibility index (Phi) is 6.59. The van der Waals surface area contributed by atoms with E-state index in [1.165, 1.54) is 17.4 Å². The molecule has 8 nitrogen and oxygen atoms in total. The number of hydrogen-bond acceptors (Lipinski definition) is 6. The number of H-pyrrole nitrogens is 1. The average molecular weight is 589 g/mol. The molecule has 0 spiro atoms. The summed E-state index contributed by atoms with van der Waals surface area (Å²) in [6, 6.07) is 19.2. The lowest BCUT2D eigenvalue weighted by molar-refractivity contribution is 0.0981. The van der Waals surface area contributed by atoms with Crippen LogP contribution in [0.3, 0.4) is 0 Å². The van der Waals surface area contributed by atoms with Gasteiger partial charge in [-0.3, -0.25) is 14.7 Å². The fourth-order valence-electron chi connectivity index (χ4n) is 5.52. The molecule has 1 fully saturated rings. The van der Waals surface area contributed by atoms with Crippen molar-refractivity contribution >= 4 is 34.5 Å². The maximum atomic E-state index is 14.4. The summed E-state index contributed by atoms with van der Waals surface area (Å²) in [4.78, 5) is 34.9. The minimum atomic E-state index is -0.496. The maximum absolute atomic E-state index is 14.4. The molecule has 1 aliphatic carbocycles. The molecule has 2 N–H and O–H groups in total. The third-order valence-electron chi connectivity index (χ3n) is 7.88. The van der Waals surface area contributed by atoms with E-state index in [2.05, 4.69) is 21.6 Å². The van der Waals surface area contributed by atoms with Crippen LogP contribution in [0.15, 0.2) is 66.9 Å². The molecule has 0 atom stereocenters. The summed E-state index contributed by atoms with van der Waals surface area (Å²) >= 11 is 1.28. The zero-order valence-electron chi connectivity index (χ0n) is 23.1. The number of thiophene rings is 1. The molecule has 4 heterocycles. The van der Waals surface area contributed by atoms with Gasteiger partial charge in [0.2, 0.25) is 0 Å². The summed E-state index contributed by atoms with van der Waals surface area (Å²) in [5.41, 5.74) is 6.27. The highest BCUT2D eigenvalue weighted by molar-refractivity contribution is 7.17. The normalized spacial score (nSPS) is 13.9. The minimum absolute atomic E-state index is 0.154. The molecule has 0 bridgehead atoms. The quantitative estimate of drug-likeness (QED) is 0.233. The van der Waals surface area contributed by atoms with Gasteiger partial charge >= 0.3 is 0 Å². The third-order valence-corrected chi connectivity index (χ3v) is 9.09. The lowest BCUT2D eigenvalue weighted by Crippen LogP contribution is -2.33. The zero-order valence-corrected chi connectivity index (χ0v) is 24.0. The fraction of sp³-hybridized carbons (Fsp3) is 0.182. The van der Waals surface area contributed by atoms with Gasteiger partial charge in [0.25, 0.3) is 11.8 Å². The Labute approximate surface area is 250 Å². The predicted octanol–water partition coefficient (Wildman–Crippen LogP) is 6.85. The first-order valence-corrected chi connectivity index (χ1v) is 14.8. The summed E-state index contributed by atoms with van der Waals surface area (Å²) < 4.78 is 14.4. The molecule has 10 heteroatoms. The number of amides is 2. The Morgan fingerprint density at radius 3 is 2.74 bits per heavy atom. The van der Waals surface area contributed by atoms with E-state index in [1.807, 2.05) is 24.4 Å². The highest BCUT2D eigenvalue weighted by Crippen LogP contribution is 2.44. The van der Waals surface area contributed by atoms with Gasteiger partial charge in [-0.2, -0.15) is 10.4 Å². The smallest absolute Gasteiger partial charge is 0.276 e. The van der Waals surface area contributed by atoms with Crippen LogP contribution in [-0.4, -0.2) is 33.5 Å². The summed E-state index contributed by atoms with van der Waals surface area (Å²) in [6.07, 6.45) is 4.49. The van der Waals surface area contributed by atoms with Gasteiger partial charge in [-0.25, -0.2) is 9.37 Å². The first kappa shape index (κ1) is 26.7. The van der Waals surface area contributed by atoms with Crippen molar-refractivity contribution in [1.82, 2.24) is 15.2 Å². The van der Waals surface area contributed by atoms with Crippen LogP contribution < -0.4 is 10.2 Å². The molecule has 2 aromatic carbocycles. The van der Waals surface area contributed by atoms with E-state index in [9.17, 15) is 19.2 Å². The molecule has 7 rings (SSSR count). The maximum Gasteiger partial charge on any atom is 0.276 e. The average Bonchev–Trinajstić information content (AvgIpc) is 3.63. The van der Waals surface area contributed by atoms with Crippen LogP contribution in [0.25, 0.3) is 21.7 Å². The number of fused-ring (bicyclic) bond motifs is 3. The first-order valence-electron chi connectivity index (χ1n) is 14.0. The second-order valence-electron chi connectivity index (χ2n) is 10.8. The molecule has 5 aromatic rings. The van der Waals surface area contributed by atoms with Crippen LogP contribution in [0.2, 0.25) is 0 Å². The molecule has 212 valence electrons. The number of nitrogens with zero attached hydrogens (tertiary/aromatic N) is 4. The Morgan fingerprint density at radius 2 is 1.95 bits per heavy atom. The number of nitriles is 1. The Morgan fingerprint density at radius 1 is 1.12 bits per heavy atom. The van der Waals surface area contributed by atoms with Crippen molar-refractivity contribution in [2.45, 2.75) is 32.1 Å². The van der Waals surface area contributed by atoms with Crippen molar-refractivity contribution in [2.24, 2.45) is 0 Å². The summed E-state index contributed by atoms with van der Waals surface area (Å²) in [5, 5.41) is 19.7. The Balaban J connectivity index is 1.23. The van der Waals surface area contributed by atoms with Gasteiger partial charge in [0.05, 0.1) is 39.3 Å². The summed E-state index contributed by atoms with van der Waals surface area (Å²) in [6.45, 7) is 2.06. The van der Waals surface area contributed by atoms with Crippen LogP contribution in [0.1, 0.15) is 61.3 Å². The van der Waals surface area contributed by atoms with Gasteiger partial charge in [0.1, 0.15) is 11.5 Å². The van der Waals surface area contributed by atoms with Crippen LogP contribution in [0.5, 0.6) is 0 Å². The van der Waals surface area contributed by atoms with Crippen molar-refractivity contribution in [3.63, 3.8) is 0 Å². The SMILES string of the molecule is Cc1cccc(F)c1NC(=O)c1cc2c(s1)-c1ccc(C#N)cc1N(C(=O)c1cccc(-c3c[nH]nc3C3CC3)n1)CC2. The number of nitrogens with one attached hydrogen (secondary N) is 2. The number of aromatic amines is 1. The van der Waals surface area contributed by atoms with Crippen LogP contribution >= 0.6 is 11.3 Å². The van der Waals surface area contributed by atoms with Crippen molar-refractivity contribution in [3.8, 4) is 27.8 Å². The van der Waals surface area contributed by atoms with E-state index in [0.29, 0.717) is 52.0 Å². The number of pyridine rings is 1. The Hall–Kier alpha value is -5.14. The van der Waals surface area contributed by atoms with E-state index >= 15 is 0 Å². The molecule has 2 amide bonds. The van der Waals surface area contributed by atoms with Crippen LogP contribution in [-0.2, 0) is 6.42 Å². The van der Waals surface area contributed by atoms with E-state index in [-0.39, 0.29) is 11.6 Å². The number of carbonyl (C=O) groups excluding carboxylic acids is 2. The molecule has 3 aromatic heterocycles. The zero-order chi connectivity index (χ0) is 29.7. The molecule has 1 saturated carbocycles. The van der Waals surface area contributed by atoms with Crippen molar-refractivity contribution in [1.29, 1.82) is 5.26 Å². The number of aryl methyl sites for hydroxylation is 1. The number of halogens is 1. The molecular weight excluding hydrogens is 563 g/mol. The second kappa shape index (κ2) is 10.6. The van der Waals surface area contributed by atoms with Crippen LogP contribution in [0.4, 0.5) is 15.8 Å². The number of carbonyl (C=O) groups is 2. The first-order chi connectivity index (χ1) is 20.9. The van der Waals surface area contributed by atoms with Crippen LogP contribution in [0, 0.1) is 24.1 Å². The van der Waals surface area contributed by atoms with Crippen molar-refractivity contribution in [2.75, 3.05) is 16.8 Å². The Bertz CT molecular complexity index is 1950. The van der Waals surface area contributed by atoms with Gasteiger partial charge in [-0.1, -0.05) is 24.3 Å². The number of para-hydroxylation sites is 1. The molecule has 1 aliphatic heterocycles. The lowest BCUT2D eigenvalue weighted by Gasteiger charge is -2.23. The van der Waals surface area contributed by atoms with Gasteiger partial charge in [0, 0.05) is 34.7 Å². The lowest BCUT2D eigenvalue weighted by atomic mass is 10.0. The van der Waals surface area contributed by atoms with Gasteiger partial charge < -0.3 is 10.2 Å². The number of anilines is 2. The number of aromatic nitrogens is 3. The largest absolute Gasteiger partial charge is 0.319 e. The molecule has 0 radical (unpaired) electrons. The predicted molar refractivity (Wildman–Crippen MR) is 163 cm³/mol.